The van der Waals surface area contributed by atoms with Crippen molar-refractivity contribution in [3.8, 4) is 11.5 Å². The molecule has 1 atom stereocenters. The molecule has 6 nitrogen and oxygen atoms in total. The first-order chi connectivity index (χ1) is 12.8. The first kappa shape index (κ1) is 21.2. The molecule has 1 unspecified atom stereocenters. The van der Waals surface area contributed by atoms with Crippen molar-refractivity contribution in [1.82, 2.24) is 9.62 Å². The highest BCUT2D eigenvalue weighted by molar-refractivity contribution is 7.89. The van der Waals surface area contributed by atoms with E-state index in [0.29, 0.717) is 23.8 Å². The fourth-order valence-corrected chi connectivity index (χ4v) is 3.53. The van der Waals surface area contributed by atoms with E-state index in [1.165, 1.54) is 18.4 Å². The molecular formula is C20H28N2O4S. The number of hydrogen-bond acceptors (Lipinski definition) is 5. The van der Waals surface area contributed by atoms with Gasteiger partial charge in [-0.2, -0.15) is 0 Å². The Morgan fingerprint density at radius 2 is 1.74 bits per heavy atom. The van der Waals surface area contributed by atoms with Crippen LogP contribution in [0.4, 0.5) is 0 Å². The van der Waals surface area contributed by atoms with Crippen molar-refractivity contribution in [2.24, 2.45) is 0 Å². The lowest BCUT2D eigenvalue weighted by Crippen LogP contribution is -2.22. The smallest absolute Gasteiger partial charge is 0.242 e. The summed E-state index contributed by atoms with van der Waals surface area (Å²) >= 11 is 0. The number of rotatable bonds is 9. The Morgan fingerprint density at radius 3 is 2.30 bits per heavy atom. The van der Waals surface area contributed by atoms with Gasteiger partial charge in [0.1, 0.15) is 0 Å². The van der Waals surface area contributed by atoms with Gasteiger partial charge in [0.25, 0.3) is 0 Å². The Bertz CT molecular complexity index is 849. The van der Waals surface area contributed by atoms with E-state index in [1.54, 1.807) is 19.2 Å². The minimum Gasteiger partial charge on any atom is -0.493 e. The van der Waals surface area contributed by atoms with Gasteiger partial charge in [-0.1, -0.05) is 18.2 Å². The number of nitrogens with one attached hydrogen (secondary N) is 1. The molecule has 0 bridgehead atoms. The summed E-state index contributed by atoms with van der Waals surface area (Å²) in [4.78, 5) is 0.291. The van der Waals surface area contributed by atoms with Crippen LogP contribution in [-0.2, 0) is 16.6 Å². The van der Waals surface area contributed by atoms with Crippen LogP contribution in [0, 0.1) is 0 Å². The molecule has 0 amide bonds. The SMILES string of the molecule is CCOc1ccc(CNC(C)c2ccc(S(=O)(=O)N(C)C)cc2)cc1OC. The third-order valence-electron chi connectivity index (χ3n) is 4.30. The standard InChI is InChI=1S/C20H28N2O4S/c1-6-26-19-12-7-16(13-20(19)25-5)14-21-15(2)17-8-10-18(11-9-17)27(23,24)22(3)4/h7-13,15,21H,6,14H2,1-5H3. The van der Waals surface area contributed by atoms with Gasteiger partial charge in [0.2, 0.25) is 10.0 Å². The highest BCUT2D eigenvalue weighted by Gasteiger charge is 2.17. The van der Waals surface area contributed by atoms with E-state index in [1.807, 2.05) is 44.2 Å². The third-order valence-corrected chi connectivity index (χ3v) is 6.13. The van der Waals surface area contributed by atoms with Crippen molar-refractivity contribution in [3.63, 3.8) is 0 Å². The summed E-state index contributed by atoms with van der Waals surface area (Å²) < 4.78 is 36.4. The molecule has 27 heavy (non-hydrogen) atoms. The average Bonchev–Trinajstić information content (AvgIpc) is 2.67. The van der Waals surface area contributed by atoms with Crippen molar-refractivity contribution in [2.45, 2.75) is 31.3 Å². The minimum atomic E-state index is -3.40. The van der Waals surface area contributed by atoms with E-state index in [9.17, 15) is 8.42 Å². The highest BCUT2D eigenvalue weighted by atomic mass is 32.2. The Morgan fingerprint density at radius 1 is 1.07 bits per heavy atom. The summed E-state index contributed by atoms with van der Waals surface area (Å²) in [5.41, 5.74) is 2.10. The van der Waals surface area contributed by atoms with Gasteiger partial charge in [0.15, 0.2) is 11.5 Å². The second-order valence-electron chi connectivity index (χ2n) is 6.38. The molecular weight excluding hydrogens is 364 g/mol. The van der Waals surface area contributed by atoms with Crippen LogP contribution in [0.1, 0.15) is 31.0 Å². The van der Waals surface area contributed by atoms with Crippen molar-refractivity contribution in [2.75, 3.05) is 27.8 Å². The summed E-state index contributed by atoms with van der Waals surface area (Å²) in [5, 5.41) is 3.44. The van der Waals surface area contributed by atoms with Crippen molar-refractivity contribution in [1.29, 1.82) is 0 Å². The average molecular weight is 393 g/mol. The summed E-state index contributed by atoms with van der Waals surface area (Å²) in [6, 6.07) is 12.9. The Hall–Kier alpha value is -2.09. The summed E-state index contributed by atoms with van der Waals surface area (Å²) in [7, 11) is 1.27. The quantitative estimate of drug-likeness (QED) is 0.710. The van der Waals surface area contributed by atoms with Gasteiger partial charge in [-0.15, -0.1) is 0 Å². The lowest BCUT2D eigenvalue weighted by molar-refractivity contribution is 0.310. The van der Waals surface area contributed by atoms with E-state index >= 15 is 0 Å². The van der Waals surface area contributed by atoms with Gasteiger partial charge in [-0.3, -0.25) is 0 Å². The third kappa shape index (κ3) is 5.22. The maximum absolute atomic E-state index is 12.1. The lowest BCUT2D eigenvalue weighted by Gasteiger charge is -2.17. The van der Waals surface area contributed by atoms with Crippen molar-refractivity contribution < 1.29 is 17.9 Å². The zero-order valence-corrected chi connectivity index (χ0v) is 17.3. The van der Waals surface area contributed by atoms with E-state index < -0.39 is 10.0 Å². The van der Waals surface area contributed by atoms with Crippen LogP contribution < -0.4 is 14.8 Å². The molecule has 0 aliphatic rings. The Labute approximate surface area is 162 Å². The molecule has 7 heteroatoms. The molecule has 2 aromatic rings. The van der Waals surface area contributed by atoms with E-state index in [4.69, 9.17) is 9.47 Å². The molecule has 0 saturated carbocycles. The monoisotopic (exact) mass is 392 g/mol. The maximum atomic E-state index is 12.1. The highest BCUT2D eigenvalue weighted by Crippen LogP contribution is 2.28. The number of hydrogen-bond donors (Lipinski definition) is 1. The first-order valence-corrected chi connectivity index (χ1v) is 10.3. The van der Waals surface area contributed by atoms with Crippen LogP contribution in [0.15, 0.2) is 47.4 Å². The Kier molecular flexibility index (Phi) is 7.24. The molecule has 0 fully saturated rings. The molecule has 2 rings (SSSR count). The van der Waals surface area contributed by atoms with Gasteiger partial charge >= 0.3 is 0 Å². The van der Waals surface area contributed by atoms with E-state index in [0.717, 1.165) is 16.9 Å². The normalized spacial score (nSPS) is 12.8. The lowest BCUT2D eigenvalue weighted by atomic mass is 10.1. The number of nitrogens with zero attached hydrogens (tertiary/aromatic N) is 1. The van der Waals surface area contributed by atoms with Crippen LogP contribution in [-0.4, -0.2) is 40.5 Å². The zero-order valence-electron chi connectivity index (χ0n) is 16.5. The number of benzene rings is 2. The molecule has 0 aliphatic heterocycles. The summed E-state index contributed by atoms with van der Waals surface area (Å²) in [6.07, 6.45) is 0. The number of methoxy groups -OCH3 is 1. The first-order valence-electron chi connectivity index (χ1n) is 8.85. The molecule has 0 heterocycles. The second-order valence-corrected chi connectivity index (χ2v) is 8.53. The van der Waals surface area contributed by atoms with Crippen LogP contribution in [0.2, 0.25) is 0 Å². The van der Waals surface area contributed by atoms with Crippen LogP contribution in [0.5, 0.6) is 11.5 Å². The summed E-state index contributed by atoms with van der Waals surface area (Å²) in [6.45, 7) is 5.22. The molecule has 0 aromatic heterocycles. The van der Waals surface area contributed by atoms with Gasteiger partial charge in [0, 0.05) is 26.7 Å². The predicted molar refractivity (Wildman–Crippen MR) is 107 cm³/mol. The molecule has 0 spiro atoms. The van der Waals surface area contributed by atoms with Gasteiger partial charge < -0.3 is 14.8 Å². The van der Waals surface area contributed by atoms with Gasteiger partial charge in [0.05, 0.1) is 18.6 Å². The van der Waals surface area contributed by atoms with Crippen LogP contribution >= 0.6 is 0 Å². The fraction of sp³-hybridized carbons (Fsp3) is 0.400. The summed E-state index contributed by atoms with van der Waals surface area (Å²) in [5.74, 6) is 1.44. The molecule has 0 radical (unpaired) electrons. The second kappa shape index (κ2) is 9.21. The topological polar surface area (TPSA) is 67.9 Å². The molecule has 0 saturated heterocycles. The molecule has 148 valence electrons. The number of ether oxygens (including phenoxy) is 2. The van der Waals surface area contributed by atoms with Crippen LogP contribution in [0.25, 0.3) is 0 Å². The van der Waals surface area contributed by atoms with Crippen LogP contribution in [0.3, 0.4) is 0 Å². The van der Waals surface area contributed by atoms with Gasteiger partial charge in [-0.05, 0) is 49.2 Å². The largest absolute Gasteiger partial charge is 0.493 e. The van der Waals surface area contributed by atoms with Crippen molar-refractivity contribution in [3.05, 3.63) is 53.6 Å². The molecule has 2 aromatic carbocycles. The maximum Gasteiger partial charge on any atom is 0.242 e. The van der Waals surface area contributed by atoms with Crippen molar-refractivity contribution >= 4 is 10.0 Å². The van der Waals surface area contributed by atoms with E-state index in [-0.39, 0.29) is 6.04 Å². The van der Waals surface area contributed by atoms with Gasteiger partial charge in [-0.25, -0.2) is 12.7 Å². The zero-order chi connectivity index (χ0) is 20.0. The number of sulfonamides is 1. The Balaban J connectivity index is 2.04. The molecule has 0 aliphatic carbocycles. The predicted octanol–water partition coefficient (Wildman–Crippen LogP) is 3.20. The molecule has 1 N–H and O–H groups in total. The van der Waals surface area contributed by atoms with E-state index in [2.05, 4.69) is 5.32 Å². The minimum absolute atomic E-state index is 0.0682. The fourth-order valence-electron chi connectivity index (χ4n) is 2.62.